The lowest BCUT2D eigenvalue weighted by Crippen LogP contribution is -2.35. The van der Waals surface area contributed by atoms with Crippen LogP contribution in [0.15, 0.2) is 6.07 Å². The van der Waals surface area contributed by atoms with E-state index in [9.17, 15) is 4.79 Å². The Morgan fingerprint density at radius 3 is 2.83 bits per heavy atom. The number of amides is 1. The maximum atomic E-state index is 12.1. The van der Waals surface area contributed by atoms with Crippen LogP contribution in [0.2, 0.25) is 10.3 Å². The van der Waals surface area contributed by atoms with Gasteiger partial charge in [-0.15, -0.1) is 10.2 Å². The van der Waals surface area contributed by atoms with Gasteiger partial charge in [-0.25, -0.2) is 0 Å². The average Bonchev–Trinajstić information content (AvgIpc) is 3.15. The number of carbonyl (C=O) groups is 1. The summed E-state index contributed by atoms with van der Waals surface area (Å²) in [4.78, 5) is 12.1. The van der Waals surface area contributed by atoms with Gasteiger partial charge in [0, 0.05) is 6.04 Å². The van der Waals surface area contributed by atoms with Crippen LogP contribution in [0.25, 0.3) is 0 Å². The van der Waals surface area contributed by atoms with Crippen LogP contribution >= 0.6 is 23.2 Å². The molecule has 4 nitrogen and oxygen atoms in total. The van der Waals surface area contributed by atoms with Gasteiger partial charge in [-0.2, -0.15) is 0 Å². The summed E-state index contributed by atoms with van der Waals surface area (Å²) in [5.74, 6) is 0.536. The van der Waals surface area contributed by atoms with Gasteiger partial charge in [0.05, 0.1) is 5.56 Å². The van der Waals surface area contributed by atoms with Crippen LogP contribution < -0.4 is 5.32 Å². The van der Waals surface area contributed by atoms with Gasteiger partial charge in [0.1, 0.15) is 0 Å². The van der Waals surface area contributed by atoms with Gasteiger partial charge in [0.25, 0.3) is 5.91 Å². The van der Waals surface area contributed by atoms with Crippen molar-refractivity contribution in [1.82, 2.24) is 15.5 Å². The minimum absolute atomic E-state index is 0.0816. The van der Waals surface area contributed by atoms with Crippen molar-refractivity contribution < 1.29 is 4.79 Å². The van der Waals surface area contributed by atoms with Crippen molar-refractivity contribution >= 4 is 29.1 Å². The van der Waals surface area contributed by atoms with Crippen molar-refractivity contribution in [1.29, 1.82) is 0 Å². The van der Waals surface area contributed by atoms with Gasteiger partial charge in [-0.3, -0.25) is 4.79 Å². The number of nitrogens with zero attached hydrogens (tertiary/aromatic N) is 2. The maximum absolute atomic E-state index is 12.1. The van der Waals surface area contributed by atoms with E-state index in [-0.39, 0.29) is 27.8 Å². The highest BCUT2D eigenvalue weighted by Crippen LogP contribution is 2.34. The summed E-state index contributed by atoms with van der Waals surface area (Å²) in [6.07, 6.45) is 4.49. The lowest BCUT2D eigenvalue weighted by molar-refractivity contribution is 0.0932. The van der Waals surface area contributed by atoms with Gasteiger partial charge in [-0.1, -0.05) is 43.0 Å². The lowest BCUT2D eigenvalue weighted by atomic mass is 10.1. The fraction of sp³-hybridized carbons (Fsp3) is 0.583. The van der Waals surface area contributed by atoms with E-state index in [0.29, 0.717) is 0 Å². The molecule has 1 heterocycles. The molecular formula is C12H15Cl2N3O. The molecule has 0 aliphatic heterocycles. The standard InChI is InChI=1S/C12H15Cl2N3O/c1-2-8(5-7-3-4-7)15-12(18)9-6-10(13)16-17-11(9)14/h6-8H,2-5H2,1H3,(H,15,18). The van der Waals surface area contributed by atoms with Gasteiger partial charge in [0.2, 0.25) is 0 Å². The zero-order chi connectivity index (χ0) is 13.1. The first kappa shape index (κ1) is 13.6. The molecule has 1 N–H and O–H groups in total. The number of halogens is 2. The van der Waals surface area contributed by atoms with Crippen LogP contribution in [-0.2, 0) is 0 Å². The highest BCUT2D eigenvalue weighted by atomic mass is 35.5. The van der Waals surface area contributed by atoms with Crippen molar-refractivity contribution in [2.75, 3.05) is 0 Å². The van der Waals surface area contributed by atoms with E-state index in [2.05, 4.69) is 22.4 Å². The Morgan fingerprint density at radius 2 is 2.22 bits per heavy atom. The molecule has 18 heavy (non-hydrogen) atoms. The van der Waals surface area contributed by atoms with Crippen LogP contribution in [0.4, 0.5) is 0 Å². The van der Waals surface area contributed by atoms with Crippen molar-refractivity contribution in [3.63, 3.8) is 0 Å². The summed E-state index contributed by atoms with van der Waals surface area (Å²) >= 11 is 11.6. The van der Waals surface area contributed by atoms with E-state index >= 15 is 0 Å². The molecule has 0 radical (unpaired) electrons. The molecule has 6 heteroatoms. The van der Waals surface area contributed by atoms with E-state index in [1.807, 2.05) is 0 Å². The van der Waals surface area contributed by atoms with Crippen LogP contribution in [-0.4, -0.2) is 22.1 Å². The van der Waals surface area contributed by atoms with E-state index in [4.69, 9.17) is 23.2 Å². The van der Waals surface area contributed by atoms with Crippen LogP contribution in [0.1, 0.15) is 43.0 Å². The Morgan fingerprint density at radius 1 is 1.50 bits per heavy atom. The third kappa shape index (κ3) is 3.56. The number of carbonyl (C=O) groups excluding carboxylic acids is 1. The quantitative estimate of drug-likeness (QED) is 0.905. The second-order valence-electron chi connectivity index (χ2n) is 4.63. The molecule has 1 unspecified atom stereocenters. The highest BCUT2D eigenvalue weighted by Gasteiger charge is 2.26. The van der Waals surface area contributed by atoms with Crippen molar-refractivity contribution in [3.8, 4) is 0 Å². The average molecular weight is 288 g/mol. The van der Waals surface area contributed by atoms with Gasteiger partial charge in [-0.05, 0) is 24.8 Å². The first-order valence-electron chi connectivity index (χ1n) is 6.09. The molecular weight excluding hydrogens is 273 g/mol. The van der Waals surface area contributed by atoms with E-state index in [1.165, 1.54) is 18.9 Å². The second kappa shape index (κ2) is 5.85. The largest absolute Gasteiger partial charge is 0.349 e. The summed E-state index contributed by atoms with van der Waals surface area (Å²) in [6, 6.07) is 1.63. The Hall–Kier alpha value is -0.870. The number of hydrogen-bond donors (Lipinski definition) is 1. The molecule has 1 fully saturated rings. The molecule has 2 rings (SSSR count). The van der Waals surface area contributed by atoms with E-state index in [0.717, 1.165) is 18.8 Å². The Bertz CT molecular complexity index is 449. The third-order valence-electron chi connectivity index (χ3n) is 3.11. The smallest absolute Gasteiger partial charge is 0.254 e. The molecule has 0 bridgehead atoms. The molecule has 1 amide bonds. The normalized spacial score (nSPS) is 16.4. The van der Waals surface area contributed by atoms with Gasteiger partial charge >= 0.3 is 0 Å². The SMILES string of the molecule is CCC(CC1CC1)NC(=O)c1cc(Cl)nnc1Cl. The first-order valence-corrected chi connectivity index (χ1v) is 6.85. The van der Waals surface area contributed by atoms with E-state index < -0.39 is 0 Å². The molecule has 1 aromatic rings. The summed E-state index contributed by atoms with van der Waals surface area (Å²) in [7, 11) is 0. The number of aromatic nitrogens is 2. The summed E-state index contributed by atoms with van der Waals surface area (Å²) in [6.45, 7) is 2.06. The summed E-state index contributed by atoms with van der Waals surface area (Å²) < 4.78 is 0. The zero-order valence-electron chi connectivity index (χ0n) is 10.1. The van der Waals surface area contributed by atoms with Gasteiger partial charge < -0.3 is 5.32 Å². The Kier molecular flexibility index (Phi) is 4.40. The van der Waals surface area contributed by atoms with Crippen LogP contribution in [0.3, 0.4) is 0 Å². The molecule has 1 aliphatic rings. The minimum Gasteiger partial charge on any atom is -0.349 e. The molecule has 1 aliphatic carbocycles. The predicted molar refractivity (Wildman–Crippen MR) is 70.9 cm³/mol. The second-order valence-corrected chi connectivity index (χ2v) is 5.37. The molecule has 0 spiro atoms. The van der Waals surface area contributed by atoms with Gasteiger partial charge in [0.15, 0.2) is 10.3 Å². The minimum atomic E-state index is -0.232. The summed E-state index contributed by atoms with van der Waals surface area (Å²) in [5, 5.41) is 10.4. The zero-order valence-corrected chi connectivity index (χ0v) is 11.6. The monoisotopic (exact) mass is 287 g/mol. The van der Waals surface area contributed by atoms with Crippen LogP contribution in [0, 0.1) is 5.92 Å². The molecule has 98 valence electrons. The van der Waals surface area contributed by atoms with Crippen molar-refractivity contribution in [3.05, 3.63) is 21.9 Å². The fourth-order valence-corrected chi connectivity index (χ4v) is 2.18. The highest BCUT2D eigenvalue weighted by molar-refractivity contribution is 6.34. The van der Waals surface area contributed by atoms with Crippen molar-refractivity contribution in [2.24, 2.45) is 5.92 Å². The number of hydrogen-bond acceptors (Lipinski definition) is 3. The molecule has 1 atom stereocenters. The molecule has 1 aromatic heterocycles. The molecule has 0 saturated heterocycles. The Labute approximate surface area is 116 Å². The summed E-state index contributed by atoms with van der Waals surface area (Å²) in [5.41, 5.74) is 0.283. The lowest BCUT2D eigenvalue weighted by Gasteiger charge is -2.16. The topological polar surface area (TPSA) is 54.9 Å². The number of rotatable bonds is 5. The van der Waals surface area contributed by atoms with Crippen LogP contribution in [0.5, 0.6) is 0 Å². The molecule has 1 saturated carbocycles. The molecule has 0 aromatic carbocycles. The maximum Gasteiger partial charge on any atom is 0.254 e. The Balaban J connectivity index is 2.02. The number of nitrogens with one attached hydrogen (secondary N) is 1. The first-order chi connectivity index (χ1) is 8.60. The predicted octanol–water partition coefficient (Wildman–Crippen LogP) is 3.09. The fourth-order valence-electron chi connectivity index (χ4n) is 1.86. The van der Waals surface area contributed by atoms with E-state index in [1.54, 1.807) is 0 Å². The van der Waals surface area contributed by atoms with Crippen molar-refractivity contribution in [2.45, 2.75) is 38.6 Å². The third-order valence-corrected chi connectivity index (χ3v) is 3.57.